The Kier molecular flexibility index (Phi) is 3.41. The molecule has 2 rings (SSSR count). The molecule has 16 heavy (non-hydrogen) atoms. The third-order valence-corrected chi connectivity index (χ3v) is 2.53. The van der Waals surface area contributed by atoms with Gasteiger partial charge in [-0.15, -0.1) is 0 Å². The van der Waals surface area contributed by atoms with E-state index in [0.29, 0.717) is 23.5 Å². The van der Waals surface area contributed by atoms with Gasteiger partial charge in [0.05, 0.1) is 0 Å². The maximum atomic E-state index is 11.8. The average molecular weight is 221 g/mol. The molecule has 0 aliphatic carbocycles. The molecule has 0 saturated carbocycles. The van der Waals surface area contributed by atoms with Gasteiger partial charge in [-0.25, -0.2) is 0 Å². The van der Waals surface area contributed by atoms with Crippen LogP contribution in [0.4, 0.5) is 0 Å². The standard InChI is InChI=1S/C12H15NO3/c1-13-6-2-3-10(14)9-4-5-11-12(7-9)16-8-15-11/h4-5,7,13H,2-3,6,8H2,1H3. The maximum Gasteiger partial charge on any atom is 0.231 e. The Balaban J connectivity index is 2.01. The third-order valence-electron chi connectivity index (χ3n) is 2.53. The molecule has 0 amide bonds. The van der Waals surface area contributed by atoms with Crippen LogP contribution in [0.1, 0.15) is 23.2 Å². The number of carbonyl (C=O) groups excluding carboxylic acids is 1. The predicted molar refractivity (Wildman–Crippen MR) is 60.1 cm³/mol. The molecule has 4 heteroatoms. The van der Waals surface area contributed by atoms with Gasteiger partial charge in [-0.3, -0.25) is 4.79 Å². The molecule has 0 saturated heterocycles. The number of Topliss-reactive ketones (excluding diaryl/α,β-unsaturated/α-hetero) is 1. The first-order valence-electron chi connectivity index (χ1n) is 5.38. The number of hydrogen-bond donors (Lipinski definition) is 1. The molecule has 1 aliphatic rings. The highest BCUT2D eigenvalue weighted by Gasteiger charge is 2.15. The van der Waals surface area contributed by atoms with Crippen LogP contribution in [0.25, 0.3) is 0 Å². The maximum absolute atomic E-state index is 11.8. The Morgan fingerprint density at radius 1 is 1.38 bits per heavy atom. The van der Waals surface area contributed by atoms with Gasteiger partial charge in [0.15, 0.2) is 17.3 Å². The predicted octanol–water partition coefficient (Wildman–Crippen LogP) is 1.60. The van der Waals surface area contributed by atoms with Gasteiger partial charge >= 0.3 is 0 Å². The zero-order valence-electron chi connectivity index (χ0n) is 9.29. The lowest BCUT2D eigenvalue weighted by Gasteiger charge is -2.02. The van der Waals surface area contributed by atoms with Gasteiger partial charge in [-0.1, -0.05) is 0 Å². The highest BCUT2D eigenvalue weighted by atomic mass is 16.7. The van der Waals surface area contributed by atoms with Crippen molar-refractivity contribution in [2.24, 2.45) is 0 Å². The van der Waals surface area contributed by atoms with Crippen molar-refractivity contribution < 1.29 is 14.3 Å². The van der Waals surface area contributed by atoms with Gasteiger partial charge < -0.3 is 14.8 Å². The summed E-state index contributed by atoms with van der Waals surface area (Å²) in [6, 6.07) is 5.33. The van der Waals surface area contributed by atoms with E-state index in [2.05, 4.69) is 5.32 Å². The highest BCUT2D eigenvalue weighted by molar-refractivity contribution is 5.96. The van der Waals surface area contributed by atoms with Crippen molar-refractivity contribution in [2.45, 2.75) is 12.8 Å². The average Bonchev–Trinajstić information content (AvgIpc) is 2.76. The summed E-state index contributed by atoms with van der Waals surface area (Å²) in [5.74, 6) is 1.53. The number of nitrogens with one attached hydrogen (secondary N) is 1. The van der Waals surface area contributed by atoms with Gasteiger partial charge in [0, 0.05) is 12.0 Å². The van der Waals surface area contributed by atoms with Crippen LogP contribution in [-0.4, -0.2) is 26.2 Å². The summed E-state index contributed by atoms with van der Waals surface area (Å²) in [5, 5.41) is 3.02. The van der Waals surface area contributed by atoms with Crippen molar-refractivity contribution in [3.8, 4) is 11.5 Å². The normalized spacial score (nSPS) is 12.8. The minimum Gasteiger partial charge on any atom is -0.454 e. The van der Waals surface area contributed by atoms with Crippen LogP contribution in [-0.2, 0) is 0 Å². The zero-order valence-corrected chi connectivity index (χ0v) is 9.29. The minimum absolute atomic E-state index is 0.147. The van der Waals surface area contributed by atoms with E-state index in [-0.39, 0.29) is 12.6 Å². The van der Waals surface area contributed by atoms with Gasteiger partial charge in [-0.2, -0.15) is 0 Å². The number of ketones is 1. The molecule has 1 aromatic rings. The van der Waals surface area contributed by atoms with E-state index in [1.165, 1.54) is 0 Å². The second-order valence-corrected chi connectivity index (χ2v) is 3.70. The number of ether oxygens (including phenoxy) is 2. The first kappa shape index (κ1) is 11.0. The molecular weight excluding hydrogens is 206 g/mol. The summed E-state index contributed by atoms with van der Waals surface area (Å²) >= 11 is 0. The van der Waals surface area contributed by atoms with Crippen molar-refractivity contribution in [1.82, 2.24) is 5.32 Å². The van der Waals surface area contributed by atoms with E-state index < -0.39 is 0 Å². The summed E-state index contributed by atoms with van der Waals surface area (Å²) in [7, 11) is 1.88. The quantitative estimate of drug-likeness (QED) is 0.606. The van der Waals surface area contributed by atoms with E-state index >= 15 is 0 Å². The van der Waals surface area contributed by atoms with E-state index in [0.717, 1.165) is 13.0 Å². The summed E-state index contributed by atoms with van der Waals surface area (Å²) in [6.45, 7) is 1.10. The van der Waals surface area contributed by atoms with Crippen LogP contribution in [0.2, 0.25) is 0 Å². The fraction of sp³-hybridized carbons (Fsp3) is 0.417. The molecule has 0 aromatic heterocycles. The van der Waals surface area contributed by atoms with Crippen LogP contribution in [0.15, 0.2) is 18.2 Å². The second kappa shape index (κ2) is 4.99. The van der Waals surface area contributed by atoms with Gasteiger partial charge in [-0.05, 0) is 38.2 Å². The molecule has 4 nitrogen and oxygen atoms in total. The molecule has 0 unspecified atom stereocenters. The van der Waals surface area contributed by atoms with Gasteiger partial charge in [0.2, 0.25) is 6.79 Å². The number of fused-ring (bicyclic) bond motifs is 1. The van der Waals surface area contributed by atoms with E-state index in [9.17, 15) is 4.79 Å². The van der Waals surface area contributed by atoms with Crippen LogP contribution in [0.3, 0.4) is 0 Å². The van der Waals surface area contributed by atoms with E-state index in [1.807, 2.05) is 7.05 Å². The molecule has 1 aromatic carbocycles. The molecule has 1 aliphatic heterocycles. The van der Waals surface area contributed by atoms with E-state index in [1.54, 1.807) is 18.2 Å². The van der Waals surface area contributed by atoms with Crippen molar-refractivity contribution in [3.05, 3.63) is 23.8 Å². The Bertz CT molecular complexity index is 390. The third kappa shape index (κ3) is 2.33. The topological polar surface area (TPSA) is 47.6 Å². The summed E-state index contributed by atoms with van der Waals surface area (Å²) in [4.78, 5) is 11.8. The largest absolute Gasteiger partial charge is 0.454 e. The van der Waals surface area contributed by atoms with Crippen LogP contribution in [0, 0.1) is 0 Å². The summed E-state index contributed by atoms with van der Waals surface area (Å²) < 4.78 is 10.4. The number of rotatable bonds is 5. The first-order valence-corrected chi connectivity index (χ1v) is 5.38. The van der Waals surface area contributed by atoms with Crippen molar-refractivity contribution in [1.29, 1.82) is 0 Å². The molecule has 86 valence electrons. The smallest absolute Gasteiger partial charge is 0.231 e. The fourth-order valence-electron chi connectivity index (χ4n) is 1.64. The number of carbonyl (C=O) groups is 1. The SMILES string of the molecule is CNCCCC(=O)c1ccc2c(c1)OCO2. The second-order valence-electron chi connectivity index (χ2n) is 3.70. The number of hydrogen-bond acceptors (Lipinski definition) is 4. The molecular formula is C12H15NO3. The first-order chi connectivity index (χ1) is 7.81. The minimum atomic E-state index is 0.147. The molecule has 0 atom stereocenters. The number of benzene rings is 1. The van der Waals surface area contributed by atoms with Crippen molar-refractivity contribution in [3.63, 3.8) is 0 Å². The van der Waals surface area contributed by atoms with Crippen molar-refractivity contribution in [2.75, 3.05) is 20.4 Å². The van der Waals surface area contributed by atoms with E-state index in [4.69, 9.17) is 9.47 Å². The molecule has 1 N–H and O–H groups in total. The Hall–Kier alpha value is -1.55. The molecule has 0 bridgehead atoms. The summed E-state index contributed by atoms with van der Waals surface area (Å²) in [5.41, 5.74) is 0.695. The molecule has 0 radical (unpaired) electrons. The summed E-state index contributed by atoms with van der Waals surface area (Å²) in [6.07, 6.45) is 1.41. The Morgan fingerprint density at radius 3 is 3.00 bits per heavy atom. The van der Waals surface area contributed by atoms with Gasteiger partial charge in [0.1, 0.15) is 0 Å². The molecule has 0 spiro atoms. The van der Waals surface area contributed by atoms with Crippen LogP contribution in [0.5, 0.6) is 11.5 Å². The van der Waals surface area contributed by atoms with Crippen LogP contribution < -0.4 is 14.8 Å². The van der Waals surface area contributed by atoms with Crippen LogP contribution >= 0.6 is 0 Å². The monoisotopic (exact) mass is 221 g/mol. The lowest BCUT2D eigenvalue weighted by molar-refractivity contribution is 0.0980. The Labute approximate surface area is 94.6 Å². The molecule has 1 heterocycles. The lowest BCUT2D eigenvalue weighted by Crippen LogP contribution is -2.10. The highest BCUT2D eigenvalue weighted by Crippen LogP contribution is 2.32. The fourth-order valence-corrected chi connectivity index (χ4v) is 1.64. The van der Waals surface area contributed by atoms with Crippen molar-refractivity contribution >= 4 is 5.78 Å². The lowest BCUT2D eigenvalue weighted by atomic mass is 10.1. The Morgan fingerprint density at radius 2 is 2.19 bits per heavy atom. The zero-order chi connectivity index (χ0) is 11.4. The molecule has 0 fully saturated rings. The van der Waals surface area contributed by atoms with Gasteiger partial charge in [0.25, 0.3) is 0 Å².